The number of amides is 1. The first-order chi connectivity index (χ1) is 13.1. The molecule has 1 aromatic carbocycles. The van der Waals surface area contributed by atoms with Crippen LogP contribution >= 0.6 is 23.1 Å². The molecular formula is C16H13N7O2S2. The molecule has 2 N–H and O–H groups in total. The Labute approximate surface area is 160 Å². The standard InChI is InChI=1S/C16H13N7O2S2/c1-9-21-22-16(27-9)18-12(24)8-26-15-19-13-11(14(25)20-15)7-17-23(13)10-5-3-2-4-6-10/h2-7H,8H2,1H3,(H,18,22,24)(H,19,20,25). The maximum Gasteiger partial charge on any atom is 0.262 e. The minimum absolute atomic E-state index is 0.0759. The summed E-state index contributed by atoms with van der Waals surface area (Å²) in [7, 11) is 0. The third-order valence-electron chi connectivity index (χ3n) is 3.53. The summed E-state index contributed by atoms with van der Waals surface area (Å²) in [5, 5.41) is 16.5. The summed E-state index contributed by atoms with van der Waals surface area (Å²) in [4.78, 5) is 31.5. The summed E-state index contributed by atoms with van der Waals surface area (Å²) in [6, 6.07) is 9.41. The van der Waals surface area contributed by atoms with Crippen molar-refractivity contribution in [3.8, 4) is 5.69 Å². The Balaban J connectivity index is 1.55. The zero-order chi connectivity index (χ0) is 18.8. The monoisotopic (exact) mass is 399 g/mol. The van der Waals surface area contributed by atoms with E-state index >= 15 is 0 Å². The molecule has 0 fully saturated rings. The third kappa shape index (κ3) is 3.73. The predicted octanol–water partition coefficient (Wildman–Crippen LogP) is 2.00. The fourth-order valence-electron chi connectivity index (χ4n) is 2.36. The van der Waals surface area contributed by atoms with Gasteiger partial charge in [0.05, 0.1) is 17.6 Å². The van der Waals surface area contributed by atoms with Gasteiger partial charge in [0.2, 0.25) is 11.0 Å². The van der Waals surface area contributed by atoms with E-state index in [1.54, 1.807) is 4.68 Å². The van der Waals surface area contributed by atoms with Crippen LogP contribution in [0.5, 0.6) is 0 Å². The molecule has 0 aliphatic rings. The second-order valence-corrected chi connectivity index (χ2v) is 7.61. The van der Waals surface area contributed by atoms with E-state index in [1.165, 1.54) is 17.5 Å². The first-order valence-electron chi connectivity index (χ1n) is 7.86. The van der Waals surface area contributed by atoms with Crippen molar-refractivity contribution in [2.75, 3.05) is 11.1 Å². The molecule has 0 aliphatic carbocycles. The van der Waals surface area contributed by atoms with Gasteiger partial charge in [-0.05, 0) is 19.1 Å². The quantitative estimate of drug-likeness (QED) is 0.389. The molecule has 0 bridgehead atoms. The average Bonchev–Trinajstić information content (AvgIpc) is 3.27. The number of aromatic amines is 1. The predicted molar refractivity (Wildman–Crippen MR) is 103 cm³/mol. The number of aryl methyl sites for hydroxylation is 1. The van der Waals surface area contributed by atoms with Crippen molar-refractivity contribution in [2.45, 2.75) is 12.1 Å². The van der Waals surface area contributed by atoms with Crippen LogP contribution in [-0.4, -0.2) is 41.6 Å². The van der Waals surface area contributed by atoms with E-state index in [-0.39, 0.29) is 17.2 Å². The van der Waals surface area contributed by atoms with Crippen molar-refractivity contribution in [3.05, 3.63) is 51.9 Å². The Hall–Kier alpha value is -3.05. The van der Waals surface area contributed by atoms with Crippen LogP contribution in [0.25, 0.3) is 16.7 Å². The number of aromatic nitrogens is 6. The van der Waals surface area contributed by atoms with E-state index < -0.39 is 0 Å². The van der Waals surface area contributed by atoms with Crippen molar-refractivity contribution < 1.29 is 4.79 Å². The Morgan fingerprint density at radius 1 is 1.30 bits per heavy atom. The highest BCUT2D eigenvalue weighted by molar-refractivity contribution is 7.99. The van der Waals surface area contributed by atoms with Gasteiger partial charge in [-0.3, -0.25) is 14.9 Å². The molecule has 1 amide bonds. The zero-order valence-electron chi connectivity index (χ0n) is 14.0. The first kappa shape index (κ1) is 17.4. The summed E-state index contributed by atoms with van der Waals surface area (Å²) < 4.78 is 1.60. The number of nitrogens with zero attached hydrogens (tertiary/aromatic N) is 5. The van der Waals surface area contributed by atoms with Crippen LogP contribution in [-0.2, 0) is 4.79 Å². The van der Waals surface area contributed by atoms with Crippen LogP contribution in [0.2, 0.25) is 0 Å². The fraction of sp³-hybridized carbons (Fsp3) is 0.125. The van der Waals surface area contributed by atoms with Gasteiger partial charge in [-0.1, -0.05) is 41.3 Å². The normalized spacial score (nSPS) is 11.0. The molecule has 0 saturated carbocycles. The van der Waals surface area contributed by atoms with Crippen LogP contribution in [0.3, 0.4) is 0 Å². The van der Waals surface area contributed by atoms with Gasteiger partial charge >= 0.3 is 0 Å². The Bertz CT molecular complexity index is 1170. The second kappa shape index (κ2) is 7.29. The number of carbonyl (C=O) groups excluding carboxylic acids is 1. The molecule has 3 heterocycles. The van der Waals surface area contributed by atoms with Crippen molar-refractivity contribution in [1.29, 1.82) is 0 Å². The van der Waals surface area contributed by atoms with Crippen LogP contribution in [0.4, 0.5) is 5.13 Å². The molecular weight excluding hydrogens is 386 g/mol. The number of fused-ring (bicyclic) bond motifs is 1. The van der Waals surface area contributed by atoms with Crippen LogP contribution < -0.4 is 10.9 Å². The molecule has 0 aliphatic heterocycles. The molecule has 0 unspecified atom stereocenters. The lowest BCUT2D eigenvalue weighted by Crippen LogP contribution is -2.15. The van der Waals surface area contributed by atoms with Crippen molar-refractivity contribution in [2.24, 2.45) is 0 Å². The van der Waals surface area contributed by atoms with Gasteiger partial charge in [0.1, 0.15) is 10.4 Å². The van der Waals surface area contributed by atoms with Gasteiger partial charge in [-0.15, -0.1) is 10.2 Å². The van der Waals surface area contributed by atoms with Gasteiger partial charge in [0, 0.05) is 0 Å². The highest BCUT2D eigenvalue weighted by atomic mass is 32.2. The number of nitrogens with one attached hydrogen (secondary N) is 2. The van der Waals surface area contributed by atoms with Gasteiger partial charge in [-0.2, -0.15) is 5.10 Å². The number of H-pyrrole nitrogens is 1. The van der Waals surface area contributed by atoms with Crippen molar-refractivity contribution in [1.82, 2.24) is 29.9 Å². The van der Waals surface area contributed by atoms with Gasteiger partial charge in [-0.25, -0.2) is 9.67 Å². The third-order valence-corrected chi connectivity index (χ3v) is 5.16. The molecule has 0 radical (unpaired) electrons. The minimum Gasteiger partial charge on any atom is -0.301 e. The lowest BCUT2D eigenvalue weighted by Gasteiger charge is -2.04. The van der Waals surface area contributed by atoms with Crippen molar-refractivity contribution in [3.63, 3.8) is 0 Å². The fourth-order valence-corrected chi connectivity index (χ4v) is 3.63. The largest absolute Gasteiger partial charge is 0.301 e. The SMILES string of the molecule is Cc1nnc(NC(=O)CSc2nc3c(cnn3-c3ccccc3)c(=O)[nH]2)s1. The van der Waals surface area contributed by atoms with E-state index in [0.717, 1.165) is 22.5 Å². The van der Waals surface area contributed by atoms with E-state index in [2.05, 4.69) is 30.6 Å². The minimum atomic E-state index is -0.301. The highest BCUT2D eigenvalue weighted by Gasteiger charge is 2.13. The maximum atomic E-state index is 12.3. The van der Waals surface area contributed by atoms with Crippen LogP contribution in [0.1, 0.15) is 5.01 Å². The molecule has 0 saturated heterocycles. The van der Waals surface area contributed by atoms with Gasteiger partial charge in [0.15, 0.2) is 10.8 Å². The molecule has 3 aromatic heterocycles. The molecule has 136 valence electrons. The number of rotatable bonds is 5. The number of thioether (sulfide) groups is 1. The number of hydrogen-bond acceptors (Lipinski definition) is 8. The molecule has 0 atom stereocenters. The van der Waals surface area contributed by atoms with E-state index in [9.17, 15) is 9.59 Å². The number of para-hydroxylation sites is 1. The van der Waals surface area contributed by atoms with Crippen LogP contribution in [0, 0.1) is 6.92 Å². The number of carbonyl (C=O) groups is 1. The van der Waals surface area contributed by atoms with E-state index in [0.29, 0.717) is 21.3 Å². The molecule has 0 spiro atoms. The van der Waals surface area contributed by atoms with E-state index in [1.807, 2.05) is 37.3 Å². The van der Waals surface area contributed by atoms with Crippen molar-refractivity contribution >= 4 is 45.2 Å². The Kier molecular flexibility index (Phi) is 4.69. The highest BCUT2D eigenvalue weighted by Crippen LogP contribution is 2.19. The number of hydrogen-bond donors (Lipinski definition) is 2. The maximum absolute atomic E-state index is 12.3. The number of anilines is 1. The lowest BCUT2D eigenvalue weighted by atomic mass is 10.3. The average molecular weight is 399 g/mol. The molecule has 27 heavy (non-hydrogen) atoms. The summed E-state index contributed by atoms with van der Waals surface area (Å²) in [6.07, 6.45) is 1.48. The van der Waals surface area contributed by atoms with Crippen LogP contribution in [0.15, 0.2) is 46.5 Å². The summed E-state index contributed by atoms with van der Waals surface area (Å²) in [5.74, 6) is -0.178. The molecule has 4 rings (SSSR count). The summed E-state index contributed by atoms with van der Waals surface area (Å²) >= 11 is 2.42. The van der Waals surface area contributed by atoms with E-state index in [4.69, 9.17) is 0 Å². The molecule has 11 heteroatoms. The van der Waals surface area contributed by atoms with Gasteiger partial charge in [0.25, 0.3) is 5.56 Å². The molecule has 9 nitrogen and oxygen atoms in total. The zero-order valence-corrected chi connectivity index (χ0v) is 15.7. The lowest BCUT2D eigenvalue weighted by molar-refractivity contribution is -0.113. The molecule has 4 aromatic rings. The summed E-state index contributed by atoms with van der Waals surface area (Å²) in [6.45, 7) is 1.81. The second-order valence-electron chi connectivity index (χ2n) is 5.46. The number of benzene rings is 1. The smallest absolute Gasteiger partial charge is 0.262 e. The van der Waals surface area contributed by atoms with Gasteiger partial charge < -0.3 is 4.98 Å². The Morgan fingerprint density at radius 3 is 2.85 bits per heavy atom. The topological polar surface area (TPSA) is 118 Å². The Morgan fingerprint density at radius 2 is 2.11 bits per heavy atom. The summed E-state index contributed by atoms with van der Waals surface area (Å²) in [5.41, 5.74) is 0.934. The first-order valence-corrected chi connectivity index (χ1v) is 9.66.